The van der Waals surface area contributed by atoms with E-state index in [1.807, 2.05) is 0 Å². The first-order valence-electron chi connectivity index (χ1n) is 16.0. The molecule has 248 valence electrons. The number of rotatable bonds is 20. The van der Waals surface area contributed by atoms with Crippen molar-refractivity contribution < 1.29 is 54.8 Å². The molecule has 10 atom stereocenters. The Hall–Kier alpha value is -0.930. The van der Waals surface area contributed by atoms with E-state index in [1.54, 1.807) is 0 Å². The summed E-state index contributed by atoms with van der Waals surface area (Å²) in [7, 11) is 0. The monoisotopic (exact) mass is 607 g/mol. The highest BCUT2D eigenvalue weighted by Gasteiger charge is 2.51. The first kappa shape index (κ1) is 37.3. The van der Waals surface area contributed by atoms with Crippen molar-refractivity contribution in [3.05, 3.63) is 0 Å². The van der Waals surface area contributed by atoms with Crippen molar-refractivity contribution in [2.75, 3.05) is 19.8 Å². The summed E-state index contributed by atoms with van der Waals surface area (Å²) in [4.78, 5) is 13.8. The number of hydrogen-bond acceptors (Lipinski definition) is 11. The van der Waals surface area contributed by atoms with E-state index < -0.39 is 74.6 Å². The number of unbranched alkanes of at least 4 members (excludes halogenated alkanes) is 13. The van der Waals surface area contributed by atoms with Gasteiger partial charge in [0.1, 0.15) is 48.8 Å². The van der Waals surface area contributed by atoms with Gasteiger partial charge in [0.25, 0.3) is 0 Å². The average molecular weight is 608 g/mol. The molecule has 2 aliphatic heterocycles. The lowest BCUT2D eigenvalue weighted by atomic mass is 9.96. The van der Waals surface area contributed by atoms with Gasteiger partial charge in [0.15, 0.2) is 12.5 Å². The standard InChI is InChI=1S/C30H57NO11/c1-3-4-5-6-7-8-9-10-11-12-13-14-15-16-17-31(20(2)34)29-26(38)25(37)28(22(19-33)40-29)42-30-27(39)24(36)23(35)21(18-32)41-30/h21-30,32-33,35-39H,3-19H2,1-2H3/t21-,22-,23+,24+,25-,26-,27-,28-,29?,30+/m1/s1. The third kappa shape index (κ3) is 11.2. The van der Waals surface area contributed by atoms with Crippen LogP contribution < -0.4 is 0 Å². The minimum absolute atomic E-state index is 0.304. The Morgan fingerprint density at radius 1 is 0.643 bits per heavy atom. The lowest BCUT2D eigenvalue weighted by molar-refractivity contribution is -0.347. The maximum atomic E-state index is 12.5. The largest absolute Gasteiger partial charge is 0.394 e. The summed E-state index contributed by atoms with van der Waals surface area (Å²) in [5.74, 6) is -0.356. The van der Waals surface area contributed by atoms with Crippen LogP contribution in [0.5, 0.6) is 0 Å². The fourth-order valence-corrected chi connectivity index (χ4v) is 5.77. The third-order valence-corrected chi connectivity index (χ3v) is 8.44. The molecule has 0 aliphatic carbocycles. The number of aliphatic hydroxyl groups excluding tert-OH is 7. The number of nitrogens with zero attached hydrogens (tertiary/aromatic N) is 1. The van der Waals surface area contributed by atoms with Crippen molar-refractivity contribution >= 4 is 5.91 Å². The van der Waals surface area contributed by atoms with Gasteiger partial charge < -0.3 is 54.9 Å². The summed E-state index contributed by atoms with van der Waals surface area (Å²) in [6, 6.07) is 0. The molecule has 0 aromatic rings. The summed E-state index contributed by atoms with van der Waals surface area (Å²) in [5, 5.41) is 71.4. The summed E-state index contributed by atoms with van der Waals surface area (Å²) in [6.45, 7) is 2.57. The summed E-state index contributed by atoms with van der Waals surface area (Å²) >= 11 is 0. The molecular weight excluding hydrogens is 550 g/mol. The van der Waals surface area contributed by atoms with Crippen molar-refractivity contribution in [1.29, 1.82) is 0 Å². The smallest absolute Gasteiger partial charge is 0.221 e. The van der Waals surface area contributed by atoms with Crippen LogP contribution in [0, 0.1) is 0 Å². The van der Waals surface area contributed by atoms with Gasteiger partial charge in [0.2, 0.25) is 5.91 Å². The molecule has 0 aromatic carbocycles. The van der Waals surface area contributed by atoms with Crippen LogP contribution in [0.15, 0.2) is 0 Å². The minimum atomic E-state index is -1.74. The van der Waals surface area contributed by atoms with E-state index in [9.17, 15) is 40.5 Å². The highest BCUT2D eigenvalue weighted by Crippen LogP contribution is 2.30. The zero-order valence-corrected chi connectivity index (χ0v) is 25.5. The lowest BCUT2D eigenvalue weighted by Crippen LogP contribution is -2.67. The molecule has 1 unspecified atom stereocenters. The van der Waals surface area contributed by atoms with Crippen LogP contribution in [-0.4, -0.2) is 128 Å². The SMILES string of the molecule is CCCCCCCCCCCCCCCCN(C(C)=O)C1O[C@H](CO)[C@@H](O[C@@H]2O[C@H](CO)[C@H](O)[C@H](O)[C@H]2O)[C@H](O)[C@H]1O. The molecule has 2 rings (SSSR count). The molecule has 2 aliphatic rings. The van der Waals surface area contributed by atoms with Crippen molar-refractivity contribution in [3.63, 3.8) is 0 Å². The number of hydrogen-bond donors (Lipinski definition) is 7. The molecule has 0 radical (unpaired) electrons. The maximum Gasteiger partial charge on any atom is 0.221 e. The second-order valence-electron chi connectivity index (χ2n) is 11.8. The van der Waals surface area contributed by atoms with Crippen LogP contribution in [0.25, 0.3) is 0 Å². The van der Waals surface area contributed by atoms with Crippen LogP contribution in [0.4, 0.5) is 0 Å². The van der Waals surface area contributed by atoms with E-state index in [0.29, 0.717) is 13.0 Å². The van der Waals surface area contributed by atoms with Crippen molar-refractivity contribution in [2.24, 2.45) is 0 Å². The minimum Gasteiger partial charge on any atom is -0.394 e. The molecule has 12 heteroatoms. The van der Waals surface area contributed by atoms with Gasteiger partial charge in [0.05, 0.1) is 13.2 Å². The van der Waals surface area contributed by atoms with Gasteiger partial charge in [-0.2, -0.15) is 0 Å². The van der Waals surface area contributed by atoms with Crippen molar-refractivity contribution in [1.82, 2.24) is 4.90 Å². The van der Waals surface area contributed by atoms with Gasteiger partial charge in [-0.05, 0) is 6.42 Å². The predicted molar refractivity (Wildman–Crippen MR) is 154 cm³/mol. The fraction of sp³-hybridized carbons (Fsp3) is 0.967. The Balaban J connectivity index is 1.78. The summed E-state index contributed by atoms with van der Waals surface area (Å²) < 4.78 is 16.8. The van der Waals surface area contributed by atoms with Crippen molar-refractivity contribution in [3.8, 4) is 0 Å². The van der Waals surface area contributed by atoms with Crippen LogP contribution in [0.3, 0.4) is 0 Å². The molecule has 2 fully saturated rings. The Labute approximate surface area is 250 Å². The quantitative estimate of drug-likeness (QED) is 0.0976. The molecular formula is C30H57NO11. The number of aliphatic hydroxyl groups is 7. The zero-order valence-electron chi connectivity index (χ0n) is 25.5. The molecule has 0 saturated carbocycles. The van der Waals surface area contributed by atoms with Gasteiger partial charge in [0, 0.05) is 13.5 Å². The molecule has 1 amide bonds. The number of ether oxygens (including phenoxy) is 3. The first-order chi connectivity index (χ1) is 20.2. The van der Waals surface area contributed by atoms with Gasteiger partial charge in [-0.1, -0.05) is 90.4 Å². The Kier molecular flexibility index (Phi) is 17.9. The van der Waals surface area contributed by atoms with E-state index in [4.69, 9.17) is 14.2 Å². The van der Waals surface area contributed by atoms with E-state index in [0.717, 1.165) is 19.3 Å². The Morgan fingerprint density at radius 3 is 1.62 bits per heavy atom. The summed E-state index contributed by atoms with van der Waals surface area (Å²) in [6.07, 6.45) is 1.80. The Morgan fingerprint density at radius 2 is 1.14 bits per heavy atom. The highest BCUT2D eigenvalue weighted by atomic mass is 16.7. The molecule has 2 saturated heterocycles. The average Bonchev–Trinajstić information content (AvgIpc) is 2.98. The number of carbonyl (C=O) groups is 1. The molecule has 42 heavy (non-hydrogen) atoms. The summed E-state index contributed by atoms with van der Waals surface area (Å²) in [5.41, 5.74) is 0. The zero-order chi connectivity index (χ0) is 31.1. The third-order valence-electron chi connectivity index (χ3n) is 8.44. The molecule has 0 spiro atoms. The van der Waals surface area contributed by atoms with E-state index in [1.165, 1.54) is 76.0 Å². The van der Waals surface area contributed by atoms with E-state index in [-0.39, 0.29) is 5.91 Å². The second kappa shape index (κ2) is 20.2. The Bertz CT molecular complexity index is 727. The predicted octanol–water partition coefficient (Wildman–Crippen LogP) is 0.940. The fourth-order valence-electron chi connectivity index (χ4n) is 5.77. The van der Waals surface area contributed by atoms with Crippen LogP contribution in [-0.2, 0) is 19.0 Å². The molecule has 2 heterocycles. The highest BCUT2D eigenvalue weighted by molar-refractivity contribution is 5.73. The normalized spacial score (nSPS) is 33.5. The van der Waals surface area contributed by atoms with Gasteiger partial charge in [-0.15, -0.1) is 0 Å². The number of amides is 1. The van der Waals surface area contributed by atoms with Crippen LogP contribution >= 0.6 is 0 Å². The van der Waals surface area contributed by atoms with E-state index in [2.05, 4.69) is 6.92 Å². The maximum absolute atomic E-state index is 12.5. The topological polar surface area (TPSA) is 190 Å². The second-order valence-corrected chi connectivity index (χ2v) is 11.8. The van der Waals surface area contributed by atoms with Crippen molar-refractivity contribution in [2.45, 2.75) is 165 Å². The lowest BCUT2D eigenvalue weighted by Gasteiger charge is -2.48. The number of carbonyl (C=O) groups excluding carboxylic acids is 1. The van der Waals surface area contributed by atoms with E-state index >= 15 is 0 Å². The van der Waals surface area contributed by atoms with Crippen LogP contribution in [0.1, 0.15) is 104 Å². The molecule has 0 bridgehead atoms. The van der Waals surface area contributed by atoms with Gasteiger partial charge in [-0.3, -0.25) is 4.79 Å². The van der Waals surface area contributed by atoms with Gasteiger partial charge in [-0.25, -0.2) is 0 Å². The van der Waals surface area contributed by atoms with Crippen LogP contribution in [0.2, 0.25) is 0 Å². The first-order valence-corrected chi connectivity index (χ1v) is 16.0. The molecule has 12 nitrogen and oxygen atoms in total. The van der Waals surface area contributed by atoms with Gasteiger partial charge >= 0.3 is 0 Å². The molecule has 7 N–H and O–H groups in total. The molecule has 0 aromatic heterocycles.